The minimum Gasteiger partial charge on any atom is -0.496 e. The van der Waals surface area contributed by atoms with Gasteiger partial charge in [0.25, 0.3) is 5.91 Å². The number of hydrogen-bond acceptors (Lipinski definition) is 4. The van der Waals surface area contributed by atoms with Gasteiger partial charge in [0.15, 0.2) is 0 Å². The lowest BCUT2D eigenvalue weighted by Gasteiger charge is -2.35. The van der Waals surface area contributed by atoms with E-state index >= 15 is 0 Å². The van der Waals surface area contributed by atoms with E-state index in [0.717, 1.165) is 30.0 Å². The second-order valence-corrected chi connectivity index (χ2v) is 6.13. The van der Waals surface area contributed by atoms with Crippen LogP contribution in [0.1, 0.15) is 21.5 Å². The first kappa shape index (κ1) is 16.3. The zero-order valence-corrected chi connectivity index (χ0v) is 14.5. The highest BCUT2D eigenvalue weighted by atomic mass is 16.5. The summed E-state index contributed by atoms with van der Waals surface area (Å²) in [7, 11) is 1.62. The lowest BCUT2D eigenvalue weighted by atomic mass is 10.0. The normalized spacial score (nSPS) is 14.6. The fraction of sp³-hybridized carbons (Fsp3) is 0.368. The SMILES string of the molecule is COc1cc(C)cc(C)c1C(=O)N1CCN(c2ccccn2)CC1. The number of ether oxygens (including phenoxy) is 1. The molecule has 0 atom stereocenters. The van der Waals surface area contributed by atoms with Crippen LogP contribution in [0.15, 0.2) is 36.5 Å². The van der Waals surface area contributed by atoms with E-state index in [4.69, 9.17) is 4.74 Å². The summed E-state index contributed by atoms with van der Waals surface area (Å²) in [5.74, 6) is 1.67. The topological polar surface area (TPSA) is 45.7 Å². The van der Waals surface area contributed by atoms with E-state index < -0.39 is 0 Å². The molecule has 5 heteroatoms. The van der Waals surface area contributed by atoms with Crippen LogP contribution >= 0.6 is 0 Å². The number of rotatable bonds is 3. The Bertz CT molecular complexity index is 723. The molecule has 0 spiro atoms. The van der Waals surface area contributed by atoms with Crippen molar-refractivity contribution in [3.05, 3.63) is 53.2 Å². The molecular formula is C19H23N3O2. The molecule has 126 valence electrons. The molecule has 2 aromatic rings. The molecule has 1 aromatic heterocycles. The van der Waals surface area contributed by atoms with Gasteiger partial charge in [0.05, 0.1) is 12.7 Å². The van der Waals surface area contributed by atoms with E-state index in [-0.39, 0.29) is 5.91 Å². The van der Waals surface area contributed by atoms with Gasteiger partial charge in [-0.2, -0.15) is 0 Å². The molecule has 1 aliphatic heterocycles. The maximum atomic E-state index is 13.0. The van der Waals surface area contributed by atoms with Crippen LogP contribution < -0.4 is 9.64 Å². The highest BCUT2D eigenvalue weighted by Crippen LogP contribution is 2.26. The number of piperazine rings is 1. The third kappa shape index (κ3) is 3.20. The number of aromatic nitrogens is 1. The quantitative estimate of drug-likeness (QED) is 0.870. The van der Waals surface area contributed by atoms with Gasteiger partial charge >= 0.3 is 0 Å². The smallest absolute Gasteiger partial charge is 0.258 e. The van der Waals surface area contributed by atoms with Crippen LogP contribution in [0.2, 0.25) is 0 Å². The van der Waals surface area contributed by atoms with Crippen molar-refractivity contribution in [1.82, 2.24) is 9.88 Å². The van der Waals surface area contributed by atoms with Crippen LogP contribution in [0.3, 0.4) is 0 Å². The predicted octanol–water partition coefficient (Wildman–Crippen LogP) is 2.67. The van der Waals surface area contributed by atoms with Crippen LogP contribution in [0.4, 0.5) is 5.82 Å². The summed E-state index contributed by atoms with van der Waals surface area (Å²) < 4.78 is 5.44. The summed E-state index contributed by atoms with van der Waals surface area (Å²) in [5, 5.41) is 0. The number of nitrogens with zero attached hydrogens (tertiary/aromatic N) is 3. The average Bonchev–Trinajstić information content (AvgIpc) is 2.61. The second kappa shape index (κ2) is 6.91. The van der Waals surface area contributed by atoms with Crippen molar-refractivity contribution in [1.29, 1.82) is 0 Å². The Hall–Kier alpha value is -2.56. The standard InChI is InChI=1S/C19H23N3O2/c1-14-12-15(2)18(16(13-14)24-3)19(23)22-10-8-21(9-11-22)17-6-4-5-7-20-17/h4-7,12-13H,8-11H2,1-3H3. The van der Waals surface area contributed by atoms with Crippen LogP contribution in [-0.2, 0) is 0 Å². The van der Waals surface area contributed by atoms with Gasteiger partial charge in [-0.25, -0.2) is 4.98 Å². The van der Waals surface area contributed by atoms with Gasteiger partial charge in [-0.3, -0.25) is 4.79 Å². The molecule has 1 aliphatic rings. The van der Waals surface area contributed by atoms with Gasteiger partial charge in [0.1, 0.15) is 11.6 Å². The van der Waals surface area contributed by atoms with E-state index in [1.165, 1.54) is 0 Å². The Kier molecular flexibility index (Phi) is 4.69. The number of methoxy groups -OCH3 is 1. The molecule has 0 radical (unpaired) electrons. The Morgan fingerprint density at radius 3 is 2.50 bits per heavy atom. The van der Waals surface area contributed by atoms with Gasteiger partial charge < -0.3 is 14.5 Å². The van der Waals surface area contributed by atoms with Crippen LogP contribution in [0.5, 0.6) is 5.75 Å². The van der Waals surface area contributed by atoms with Crippen molar-refractivity contribution in [3.8, 4) is 5.75 Å². The molecule has 0 bridgehead atoms. The van der Waals surface area contributed by atoms with E-state index in [0.29, 0.717) is 24.4 Å². The third-order valence-corrected chi connectivity index (χ3v) is 4.42. The predicted molar refractivity (Wildman–Crippen MR) is 94.8 cm³/mol. The van der Waals surface area contributed by atoms with Crippen molar-refractivity contribution in [2.24, 2.45) is 0 Å². The summed E-state index contributed by atoms with van der Waals surface area (Å²) in [6.45, 7) is 6.92. The Labute approximate surface area is 142 Å². The summed E-state index contributed by atoms with van der Waals surface area (Å²) in [6.07, 6.45) is 1.80. The number of hydrogen-bond donors (Lipinski definition) is 0. The molecule has 0 aliphatic carbocycles. The number of pyridine rings is 1. The number of aryl methyl sites for hydroxylation is 2. The first-order valence-electron chi connectivity index (χ1n) is 8.20. The summed E-state index contributed by atoms with van der Waals surface area (Å²) in [6, 6.07) is 9.85. The first-order valence-corrected chi connectivity index (χ1v) is 8.20. The second-order valence-electron chi connectivity index (χ2n) is 6.13. The number of carbonyl (C=O) groups excluding carboxylic acids is 1. The van der Waals surface area contributed by atoms with Gasteiger partial charge in [-0.1, -0.05) is 12.1 Å². The number of carbonyl (C=O) groups is 1. The Morgan fingerprint density at radius 1 is 1.12 bits per heavy atom. The van der Waals surface area contributed by atoms with Crippen molar-refractivity contribution in [3.63, 3.8) is 0 Å². The number of amides is 1. The third-order valence-electron chi connectivity index (χ3n) is 4.42. The minimum absolute atomic E-state index is 0.0463. The van der Waals surface area contributed by atoms with Gasteiger partial charge in [-0.05, 0) is 43.2 Å². The number of anilines is 1. The molecule has 1 saturated heterocycles. The van der Waals surface area contributed by atoms with Crippen LogP contribution in [0.25, 0.3) is 0 Å². The molecule has 3 rings (SSSR count). The fourth-order valence-corrected chi connectivity index (χ4v) is 3.20. The van der Waals surface area contributed by atoms with Gasteiger partial charge in [-0.15, -0.1) is 0 Å². The zero-order valence-electron chi connectivity index (χ0n) is 14.5. The van der Waals surface area contributed by atoms with E-state index in [9.17, 15) is 4.79 Å². The molecule has 5 nitrogen and oxygen atoms in total. The Balaban J connectivity index is 1.74. The lowest BCUT2D eigenvalue weighted by molar-refractivity contribution is 0.0742. The summed E-state index contributed by atoms with van der Waals surface area (Å²) in [4.78, 5) is 21.5. The molecule has 1 fully saturated rings. The molecule has 2 heterocycles. The molecule has 24 heavy (non-hydrogen) atoms. The molecule has 1 amide bonds. The maximum absolute atomic E-state index is 13.0. The van der Waals surface area contributed by atoms with Crippen LogP contribution in [0, 0.1) is 13.8 Å². The van der Waals surface area contributed by atoms with Crippen molar-refractivity contribution in [2.45, 2.75) is 13.8 Å². The van der Waals surface area contributed by atoms with Gasteiger partial charge in [0.2, 0.25) is 0 Å². The molecular weight excluding hydrogens is 302 g/mol. The molecule has 0 N–H and O–H groups in total. The fourth-order valence-electron chi connectivity index (χ4n) is 3.20. The van der Waals surface area contributed by atoms with Crippen LogP contribution in [-0.4, -0.2) is 49.1 Å². The highest BCUT2D eigenvalue weighted by Gasteiger charge is 2.26. The Morgan fingerprint density at radius 2 is 1.88 bits per heavy atom. The lowest BCUT2D eigenvalue weighted by Crippen LogP contribution is -2.49. The monoisotopic (exact) mass is 325 g/mol. The zero-order chi connectivity index (χ0) is 17.1. The highest BCUT2D eigenvalue weighted by molar-refractivity contribution is 5.98. The van der Waals surface area contributed by atoms with E-state index in [1.54, 1.807) is 13.3 Å². The van der Waals surface area contributed by atoms with Crippen molar-refractivity contribution >= 4 is 11.7 Å². The number of benzene rings is 1. The molecule has 0 unspecified atom stereocenters. The first-order chi connectivity index (χ1) is 11.6. The largest absolute Gasteiger partial charge is 0.496 e. The van der Waals surface area contributed by atoms with Gasteiger partial charge in [0, 0.05) is 32.4 Å². The van der Waals surface area contributed by atoms with Crippen molar-refractivity contribution in [2.75, 3.05) is 38.2 Å². The van der Waals surface area contributed by atoms with E-state index in [1.807, 2.05) is 49.1 Å². The maximum Gasteiger partial charge on any atom is 0.258 e. The minimum atomic E-state index is 0.0463. The van der Waals surface area contributed by atoms with E-state index in [2.05, 4.69) is 9.88 Å². The molecule has 1 aromatic carbocycles. The molecule has 0 saturated carbocycles. The average molecular weight is 325 g/mol. The summed E-state index contributed by atoms with van der Waals surface area (Å²) >= 11 is 0. The van der Waals surface area contributed by atoms with Crippen molar-refractivity contribution < 1.29 is 9.53 Å². The summed E-state index contributed by atoms with van der Waals surface area (Å²) in [5.41, 5.74) is 2.74.